The largest absolute Gasteiger partial charge is 0.324 e. The van der Waals surface area contributed by atoms with Gasteiger partial charge in [0.05, 0.1) is 6.54 Å². The summed E-state index contributed by atoms with van der Waals surface area (Å²) in [6, 6.07) is 17.1. The summed E-state index contributed by atoms with van der Waals surface area (Å²) in [7, 11) is 1.78. The lowest BCUT2D eigenvalue weighted by Crippen LogP contribution is -2.30. The molecule has 0 bridgehead atoms. The van der Waals surface area contributed by atoms with E-state index in [9.17, 15) is 4.79 Å². The summed E-state index contributed by atoms with van der Waals surface area (Å²) in [5, 5.41) is 6.01. The van der Waals surface area contributed by atoms with Gasteiger partial charge in [-0.05, 0) is 35.9 Å². The van der Waals surface area contributed by atoms with Crippen molar-refractivity contribution >= 4 is 23.4 Å². The second-order valence-corrected chi connectivity index (χ2v) is 5.35. The van der Waals surface area contributed by atoms with Crippen LogP contribution < -0.4 is 10.6 Å². The topological polar surface area (TPSA) is 53.5 Å². The van der Waals surface area contributed by atoms with E-state index in [0.717, 1.165) is 28.9 Å². The van der Waals surface area contributed by atoms with Crippen LogP contribution in [0.5, 0.6) is 0 Å². The highest BCUT2D eigenvalue weighted by Gasteiger charge is 2.18. The summed E-state index contributed by atoms with van der Waals surface area (Å²) < 4.78 is 0. The zero-order valence-electron chi connectivity index (χ0n) is 15.0. The number of rotatable bonds is 5. The minimum Gasteiger partial charge on any atom is -0.324 e. The van der Waals surface area contributed by atoms with Gasteiger partial charge in [0.25, 0.3) is 0 Å². The van der Waals surface area contributed by atoms with E-state index in [-0.39, 0.29) is 11.9 Å². The number of allylic oxidation sites excluding steroid dienone is 1. The van der Waals surface area contributed by atoms with E-state index in [0.29, 0.717) is 0 Å². The van der Waals surface area contributed by atoms with Gasteiger partial charge in [-0.2, -0.15) is 0 Å². The van der Waals surface area contributed by atoms with Crippen molar-refractivity contribution in [3.05, 3.63) is 71.8 Å². The molecule has 130 valence electrons. The molecule has 1 aliphatic heterocycles. The standard InChI is InChI=1S/C19H19N3O.C2H6/c1-20-18(15-5-3-2-4-6-15)19(23)22-17-9-7-14(8-10-17)16-11-12-21-13-16;1-2/h2-11,13,18,20H,12H2,1H3,(H,22,23);1-2H3. The third-order valence-corrected chi connectivity index (χ3v) is 3.82. The Morgan fingerprint density at radius 3 is 2.28 bits per heavy atom. The van der Waals surface area contributed by atoms with Crippen molar-refractivity contribution in [3.63, 3.8) is 0 Å². The van der Waals surface area contributed by atoms with Crippen LogP contribution in [0.25, 0.3) is 5.57 Å². The van der Waals surface area contributed by atoms with Gasteiger partial charge in [-0.15, -0.1) is 0 Å². The molecule has 0 saturated heterocycles. The minimum atomic E-state index is -0.374. The maximum atomic E-state index is 12.5. The monoisotopic (exact) mass is 335 g/mol. The number of nitrogens with zero attached hydrogens (tertiary/aromatic N) is 1. The van der Waals surface area contributed by atoms with Crippen LogP contribution >= 0.6 is 0 Å². The van der Waals surface area contributed by atoms with E-state index in [1.165, 1.54) is 0 Å². The molecule has 2 N–H and O–H groups in total. The van der Waals surface area contributed by atoms with Crippen molar-refractivity contribution in [2.45, 2.75) is 19.9 Å². The number of nitrogens with one attached hydrogen (secondary N) is 2. The normalized spacial score (nSPS) is 13.5. The first kappa shape index (κ1) is 18.6. The molecule has 1 aliphatic rings. The SMILES string of the molecule is CC.CNC(C(=O)Nc1ccc(C2=CCN=C2)cc1)c1ccccc1. The Balaban J connectivity index is 0.00000109. The maximum Gasteiger partial charge on any atom is 0.246 e. The van der Waals surface area contributed by atoms with E-state index in [2.05, 4.69) is 21.7 Å². The number of benzene rings is 2. The Labute approximate surface area is 149 Å². The molecule has 1 heterocycles. The molecular weight excluding hydrogens is 310 g/mol. The van der Waals surface area contributed by atoms with Crippen molar-refractivity contribution in [3.8, 4) is 0 Å². The molecule has 1 amide bonds. The highest BCUT2D eigenvalue weighted by Crippen LogP contribution is 2.20. The molecule has 4 nitrogen and oxygen atoms in total. The predicted octanol–water partition coefficient (Wildman–Crippen LogP) is 4.08. The summed E-state index contributed by atoms with van der Waals surface area (Å²) in [4.78, 5) is 16.7. The number of anilines is 1. The van der Waals surface area contributed by atoms with E-state index < -0.39 is 0 Å². The lowest BCUT2D eigenvalue weighted by molar-refractivity contribution is -0.118. The molecule has 0 saturated carbocycles. The zero-order chi connectivity index (χ0) is 18.1. The fourth-order valence-corrected chi connectivity index (χ4v) is 2.60. The number of amides is 1. The van der Waals surface area contributed by atoms with Gasteiger partial charge in [-0.1, -0.05) is 62.4 Å². The summed E-state index contributed by atoms with van der Waals surface area (Å²) >= 11 is 0. The summed E-state index contributed by atoms with van der Waals surface area (Å²) in [6.07, 6.45) is 3.96. The van der Waals surface area contributed by atoms with Crippen molar-refractivity contribution in [2.24, 2.45) is 4.99 Å². The first-order chi connectivity index (χ1) is 12.3. The molecule has 3 rings (SSSR count). The molecule has 2 aromatic rings. The minimum absolute atomic E-state index is 0.0758. The predicted molar refractivity (Wildman–Crippen MR) is 106 cm³/mol. The van der Waals surface area contributed by atoms with Crippen molar-refractivity contribution in [1.29, 1.82) is 0 Å². The molecule has 25 heavy (non-hydrogen) atoms. The molecular formula is C21H25N3O. The van der Waals surface area contributed by atoms with Crippen molar-refractivity contribution < 1.29 is 4.79 Å². The molecule has 0 spiro atoms. The molecule has 2 aromatic carbocycles. The first-order valence-corrected chi connectivity index (χ1v) is 8.61. The van der Waals surface area contributed by atoms with Gasteiger partial charge in [0.15, 0.2) is 0 Å². The van der Waals surface area contributed by atoms with E-state index in [1.54, 1.807) is 7.05 Å². The number of carbonyl (C=O) groups excluding carboxylic acids is 1. The van der Waals surface area contributed by atoms with Gasteiger partial charge in [0.1, 0.15) is 6.04 Å². The average molecular weight is 335 g/mol. The third-order valence-electron chi connectivity index (χ3n) is 3.82. The Morgan fingerprint density at radius 1 is 1.04 bits per heavy atom. The summed E-state index contributed by atoms with van der Waals surface area (Å²) in [6.45, 7) is 4.74. The van der Waals surface area contributed by atoms with Gasteiger partial charge < -0.3 is 10.6 Å². The van der Waals surface area contributed by atoms with Crippen LogP contribution in [0.15, 0.2) is 65.7 Å². The van der Waals surface area contributed by atoms with Crippen LogP contribution in [0.2, 0.25) is 0 Å². The van der Waals surface area contributed by atoms with Crippen LogP contribution in [-0.2, 0) is 4.79 Å². The van der Waals surface area contributed by atoms with Crippen LogP contribution in [0.1, 0.15) is 31.0 Å². The second-order valence-electron chi connectivity index (χ2n) is 5.35. The van der Waals surface area contributed by atoms with E-state index in [1.807, 2.05) is 74.7 Å². The Kier molecular flexibility index (Phi) is 7.11. The van der Waals surface area contributed by atoms with Crippen molar-refractivity contribution in [1.82, 2.24) is 5.32 Å². The fourth-order valence-electron chi connectivity index (χ4n) is 2.60. The van der Waals surface area contributed by atoms with Crippen molar-refractivity contribution in [2.75, 3.05) is 18.9 Å². The average Bonchev–Trinajstić information content (AvgIpc) is 3.20. The zero-order valence-corrected chi connectivity index (χ0v) is 15.0. The fraction of sp³-hybridized carbons (Fsp3) is 0.238. The number of hydrogen-bond acceptors (Lipinski definition) is 3. The molecule has 0 fully saturated rings. The third kappa shape index (κ3) is 4.88. The molecule has 1 unspecified atom stereocenters. The van der Waals surface area contributed by atoms with Crippen LogP contribution in [0, 0.1) is 0 Å². The number of aliphatic imine (C=N–C) groups is 1. The number of likely N-dealkylation sites (N-methyl/N-ethyl adjacent to an activating group) is 1. The lowest BCUT2D eigenvalue weighted by Gasteiger charge is -2.16. The smallest absolute Gasteiger partial charge is 0.246 e. The Bertz CT molecular complexity index is 733. The van der Waals surface area contributed by atoms with Gasteiger partial charge in [0.2, 0.25) is 5.91 Å². The number of hydrogen-bond donors (Lipinski definition) is 2. The maximum absolute atomic E-state index is 12.5. The molecule has 0 aliphatic carbocycles. The molecule has 0 radical (unpaired) electrons. The van der Waals surface area contributed by atoms with Crippen LogP contribution in [-0.4, -0.2) is 25.7 Å². The van der Waals surface area contributed by atoms with Gasteiger partial charge in [0, 0.05) is 11.9 Å². The van der Waals surface area contributed by atoms with Gasteiger partial charge >= 0.3 is 0 Å². The van der Waals surface area contributed by atoms with E-state index in [4.69, 9.17) is 0 Å². The summed E-state index contributed by atoms with van der Waals surface area (Å²) in [5.74, 6) is -0.0758. The highest BCUT2D eigenvalue weighted by atomic mass is 16.2. The van der Waals surface area contributed by atoms with Gasteiger partial charge in [-0.3, -0.25) is 9.79 Å². The molecule has 4 heteroatoms. The summed E-state index contributed by atoms with van der Waals surface area (Å²) in [5.41, 5.74) is 3.96. The quantitative estimate of drug-likeness (QED) is 0.865. The molecule has 1 atom stereocenters. The van der Waals surface area contributed by atoms with Crippen LogP contribution in [0.4, 0.5) is 5.69 Å². The Morgan fingerprint density at radius 2 is 1.72 bits per heavy atom. The highest BCUT2D eigenvalue weighted by molar-refractivity contribution is 6.11. The lowest BCUT2D eigenvalue weighted by atomic mass is 10.1. The van der Waals surface area contributed by atoms with Crippen LogP contribution in [0.3, 0.4) is 0 Å². The second kappa shape index (κ2) is 9.55. The molecule has 0 aromatic heterocycles. The number of carbonyl (C=O) groups is 1. The van der Waals surface area contributed by atoms with Gasteiger partial charge in [-0.25, -0.2) is 0 Å². The van der Waals surface area contributed by atoms with E-state index >= 15 is 0 Å². The first-order valence-electron chi connectivity index (χ1n) is 8.61. The Hall–Kier alpha value is -2.72.